The fraction of sp³-hybridized carbons (Fsp3) is 1.00. The molecule has 0 bridgehead atoms. The molecule has 0 aliphatic carbocycles. The van der Waals surface area contributed by atoms with Crippen molar-refractivity contribution < 1.29 is 0 Å². The molecule has 1 aliphatic heterocycles. The molecular weight excluding hydrogens is 110 g/mol. The summed E-state index contributed by atoms with van der Waals surface area (Å²) in [6, 6.07) is 1.55. The van der Waals surface area contributed by atoms with Gasteiger partial charge in [0, 0.05) is 12.1 Å². The maximum absolute atomic E-state index is 3.42. The van der Waals surface area contributed by atoms with Crippen LogP contribution in [0.3, 0.4) is 0 Å². The van der Waals surface area contributed by atoms with Gasteiger partial charge in [0.15, 0.2) is 0 Å². The Morgan fingerprint density at radius 3 is 1.44 bits per heavy atom. The molecule has 0 spiro atoms. The molecule has 9 heavy (non-hydrogen) atoms. The van der Waals surface area contributed by atoms with Gasteiger partial charge < -0.3 is 5.32 Å². The zero-order valence-electron chi connectivity index (χ0n) is 7.07. The van der Waals surface area contributed by atoms with Crippen molar-refractivity contribution in [1.29, 1.82) is 0 Å². The van der Waals surface area contributed by atoms with Gasteiger partial charge in [0.1, 0.15) is 0 Å². The van der Waals surface area contributed by atoms with Crippen LogP contribution < -0.4 is 5.32 Å². The predicted molar refractivity (Wildman–Crippen MR) is 42.6 cm³/mol. The second-order valence-electron chi connectivity index (χ2n) is 2.55. The molecule has 1 fully saturated rings. The molecule has 1 nitrogen and oxygen atoms in total. The van der Waals surface area contributed by atoms with Gasteiger partial charge in [-0.05, 0) is 26.7 Å². The van der Waals surface area contributed by atoms with E-state index in [-0.39, 0.29) is 0 Å². The molecule has 0 amide bonds. The highest BCUT2D eigenvalue weighted by Gasteiger charge is 2.14. The number of nitrogens with one attached hydrogen (secondary N) is 1. The first-order chi connectivity index (χ1) is 4.29. The highest BCUT2D eigenvalue weighted by Crippen LogP contribution is 2.09. The summed E-state index contributed by atoms with van der Waals surface area (Å²) < 4.78 is 0. The molecule has 0 aromatic heterocycles. The molecule has 1 heteroatoms. The van der Waals surface area contributed by atoms with E-state index in [9.17, 15) is 0 Å². The Hall–Kier alpha value is -0.0400. The molecule has 1 rings (SSSR count). The molecule has 1 saturated heterocycles. The average Bonchev–Trinajstić information content (AvgIpc) is 2.20. The van der Waals surface area contributed by atoms with Crippen LogP contribution in [0.5, 0.6) is 0 Å². The summed E-state index contributed by atoms with van der Waals surface area (Å²) in [5.74, 6) is 0. The Morgan fingerprint density at radius 2 is 1.33 bits per heavy atom. The zero-order chi connectivity index (χ0) is 7.28. The van der Waals surface area contributed by atoms with Crippen molar-refractivity contribution in [2.45, 2.75) is 52.6 Å². The van der Waals surface area contributed by atoms with E-state index in [0.29, 0.717) is 0 Å². The normalized spacial score (nSPS) is 33.3. The number of rotatable bonds is 0. The molecule has 1 aliphatic rings. The van der Waals surface area contributed by atoms with Gasteiger partial charge >= 0.3 is 0 Å². The van der Waals surface area contributed by atoms with Crippen molar-refractivity contribution >= 4 is 0 Å². The van der Waals surface area contributed by atoms with Crippen LogP contribution in [0.4, 0.5) is 0 Å². The Morgan fingerprint density at radius 1 is 1.00 bits per heavy atom. The average molecular weight is 129 g/mol. The molecule has 1 N–H and O–H groups in total. The van der Waals surface area contributed by atoms with E-state index in [1.54, 1.807) is 0 Å². The van der Waals surface area contributed by atoms with Crippen LogP contribution in [0.1, 0.15) is 40.5 Å². The van der Waals surface area contributed by atoms with Gasteiger partial charge in [-0.15, -0.1) is 0 Å². The summed E-state index contributed by atoms with van der Waals surface area (Å²) in [6.45, 7) is 8.48. The third-order valence-electron chi connectivity index (χ3n) is 1.60. The standard InChI is InChI=1S/C6H13N.C2H6/c1-5-3-4-6(2)7-5;1-2/h5-7H,3-4H2,1-2H3;1-2H3/t5-,6?;/m0./s1. The Balaban J connectivity index is 0.000000291. The second kappa shape index (κ2) is 4.80. The maximum atomic E-state index is 3.42. The Labute approximate surface area is 58.8 Å². The summed E-state index contributed by atoms with van der Waals surface area (Å²) in [7, 11) is 0. The minimum atomic E-state index is 0.773. The zero-order valence-corrected chi connectivity index (χ0v) is 7.07. The minimum Gasteiger partial charge on any atom is -0.312 e. The first kappa shape index (κ1) is 8.96. The van der Waals surface area contributed by atoms with E-state index in [1.165, 1.54) is 12.8 Å². The van der Waals surface area contributed by atoms with E-state index in [1.807, 2.05) is 13.8 Å². The van der Waals surface area contributed by atoms with Gasteiger partial charge in [0.25, 0.3) is 0 Å². The van der Waals surface area contributed by atoms with Crippen LogP contribution in [-0.2, 0) is 0 Å². The molecule has 56 valence electrons. The molecule has 1 unspecified atom stereocenters. The molecule has 0 aromatic rings. The van der Waals surface area contributed by atoms with Gasteiger partial charge in [0.2, 0.25) is 0 Å². The van der Waals surface area contributed by atoms with Gasteiger partial charge in [-0.1, -0.05) is 13.8 Å². The van der Waals surface area contributed by atoms with Crippen molar-refractivity contribution in [1.82, 2.24) is 5.32 Å². The van der Waals surface area contributed by atoms with Crippen LogP contribution in [0.15, 0.2) is 0 Å². The minimum absolute atomic E-state index is 0.773. The molecule has 0 radical (unpaired) electrons. The second-order valence-corrected chi connectivity index (χ2v) is 2.55. The van der Waals surface area contributed by atoms with Gasteiger partial charge in [-0.2, -0.15) is 0 Å². The first-order valence-corrected chi connectivity index (χ1v) is 4.05. The van der Waals surface area contributed by atoms with E-state index in [4.69, 9.17) is 0 Å². The molecule has 2 atom stereocenters. The summed E-state index contributed by atoms with van der Waals surface area (Å²) in [5.41, 5.74) is 0. The van der Waals surface area contributed by atoms with E-state index in [0.717, 1.165) is 12.1 Å². The summed E-state index contributed by atoms with van der Waals surface area (Å²) in [4.78, 5) is 0. The smallest absolute Gasteiger partial charge is 0.00417 e. The lowest BCUT2D eigenvalue weighted by Crippen LogP contribution is -2.23. The third-order valence-corrected chi connectivity index (χ3v) is 1.60. The van der Waals surface area contributed by atoms with E-state index < -0.39 is 0 Å². The van der Waals surface area contributed by atoms with Gasteiger partial charge in [-0.3, -0.25) is 0 Å². The lowest BCUT2D eigenvalue weighted by Gasteiger charge is -2.01. The van der Waals surface area contributed by atoms with E-state index in [2.05, 4.69) is 19.2 Å². The van der Waals surface area contributed by atoms with Crippen LogP contribution in [-0.4, -0.2) is 12.1 Å². The number of hydrogen-bond donors (Lipinski definition) is 1. The van der Waals surface area contributed by atoms with E-state index >= 15 is 0 Å². The number of hydrogen-bond acceptors (Lipinski definition) is 1. The topological polar surface area (TPSA) is 12.0 Å². The van der Waals surface area contributed by atoms with Crippen LogP contribution >= 0.6 is 0 Å². The van der Waals surface area contributed by atoms with Crippen LogP contribution in [0.25, 0.3) is 0 Å². The Bertz CT molecular complexity index is 53.6. The van der Waals surface area contributed by atoms with Crippen molar-refractivity contribution in [2.75, 3.05) is 0 Å². The highest BCUT2D eigenvalue weighted by atomic mass is 15.0. The molecular formula is C8H19N. The van der Waals surface area contributed by atoms with Gasteiger partial charge in [0.05, 0.1) is 0 Å². The summed E-state index contributed by atoms with van der Waals surface area (Å²) >= 11 is 0. The summed E-state index contributed by atoms with van der Waals surface area (Å²) in [5, 5.41) is 3.42. The highest BCUT2D eigenvalue weighted by molar-refractivity contribution is 4.76. The lowest BCUT2D eigenvalue weighted by atomic mass is 10.2. The van der Waals surface area contributed by atoms with Crippen molar-refractivity contribution in [2.24, 2.45) is 0 Å². The quantitative estimate of drug-likeness (QED) is 0.528. The molecule has 0 saturated carbocycles. The van der Waals surface area contributed by atoms with Crippen molar-refractivity contribution in [3.05, 3.63) is 0 Å². The summed E-state index contributed by atoms with van der Waals surface area (Å²) in [6.07, 6.45) is 2.72. The SMILES string of the molecule is CC.CC1CC[C@H](C)N1. The van der Waals surface area contributed by atoms with Crippen molar-refractivity contribution in [3.63, 3.8) is 0 Å². The fourth-order valence-electron chi connectivity index (χ4n) is 1.15. The monoisotopic (exact) mass is 129 g/mol. The predicted octanol–water partition coefficient (Wildman–Crippen LogP) is 2.17. The fourth-order valence-corrected chi connectivity index (χ4v) is 1.15. The Kier molecular flexibility index (Phi) is 4.78. The van der Waals surface area contributed by atoms with Crippen LogP contribution in [0, 0.1) is 0 Å². The molecule has 0 aromatic carbocycles. The first-order valence-electron chi connectivity index (χ1n) is 4.05. The van der Waals surface area contributed by atoms with Crippen LogP contribution in [0.2, 0.25) is 0 Å². The third kappa shape index (κ3) is 3.52. The largest absolute Gasteiger partial charge is 0.312 e. The maximum Gasteiger partial charge on any atom is 0.00417 e. The van der Waals surface area contributed by atoms with Gasteiger partial charge in [-0.25, -0.2) is 0 Å². The lowest BCUT2D eigenvalue weighted by molar-refractivity contribution is 0.596. The van der Waals surface area contributed by atoms with Crippen molar-refractivity contribution in [3.8, 4) is 0 Å². The molecule has 1 heterocycles.